The molecule has 0 heterocycles. The summed E-state index contributed by atoms with van der Waals surface area (Å²) >= 11 is -0.0270. The maximum atomic E-state index is 10.7. The van der Waals surface area contributed by atoms with Crippen LogP contribution in [0.1, 0.15) is 10.4 Å². The number of carbonyl (C=O) groups is 1. The Morgan fingerprint density at radius 3 is 2.38 bits per heavy atom. The molecule has 0 aliphatic heterocycles. The molecule has 85 valence electrons. The summed E-state index contributed by atoms with van der Waals surface area (Å²) < 4.78 is 34.2. The third kappa shape index (κ3) is 4.04. The molecule has 0 aliphatic carbocycles. The molecule has 0 unspecified atom stereocenters. The van der Waals surface area contributed by atoms with E-state index in [1.165, 1.54) is 12.1 Å². The van der Waals surface area contributed by atoms with E-state index in [-0.39, 0.29) is 42.9 Å². The second kappa shape index (κ2) is 5.57. The molecular formula is C7H7HgO7S. The Morgan fingerprint density at radius 1 is 1.38 bits per heavy atom. The van der Waals surface area contributed by atoms with Crippen LogP contribution in [-0.4, -0.2) is 29.5 Å². The van der Waals surface area contributed by atoms with E-state index in [4.69, 9.17) is 9.66 Å². The van der Waals surface area contributed by atoms with Crippen LogP contribution in [0.4, 0.5) is 0 Å². The topological polar surface area (TPSA) is 132 Å². The number of carboxylic acid groups (broad SMARTS) is 1. The van der Waals surface area contributed by atoms with Crippen molar-refractivity contribution in [1.82, 2.24) is 0 Å². The first-order chi connectivity index (χ1) is 6.81. The molecule has 0 aliphatic rings. The molecule has 0 amide bonds. The van der Waals surface area contributed by atoms with E-state index in [9.17, 15) is 13.2 Å². The average Bonchev–Trinajstić information content (AvgIpc) is 2.05. The number of rotatable bonds is 3. The van der Waals surface area contributed by atoms with Crippen molar-refractivity contribution in [3.63, 3.8) is 0 Å². The average molecular weight is 436 g/mol. The number of carboxylic acids is 1. The van der Waals surface area contributed by atoms with Crippen LogP contribution in [0.2, 0.25) is 0 Å². The normalized spacial score (nSPS) is 10.4. The van der Waals surface area contributed by atoms with Crippen molar-refractivity contribution in [3.8, 4) is 5.75 Å². The summed E-state index contributed by atoms with van der Waals surface area (Å²) in [6, 6.07) is 4.25. The van der Waals surface area contributed by atoms with Gasteiger partial charge < -0.3 is 5.48 Å². The van der Waals surface area contributed by atoms with Gasteiger partial charge in [-0.3, -0.25) is 0 Å². The van der Waals surface area contributed by atoms with Crippen molar-refractivity contribution >= 4 is 19.4 Å². The molecular weight excluding hydrogens is 429 g/mol. The summed E-state index contributed by atoms with van der Waals surface area (Å²) in [5.74, 6) is -1.60. The minimum atomic E-state index is -4.69. The van der Waals surface area contributed by atoms with Gasteiger partial charge in [-0.25, -0.2) is 0 Å². The summed E-state index contributed by atoms with van der Waals surface area (Å²) in [6.45, 7) is 0. The molecule has 0 spiro atoms. The van der Waals surface area contributed by atoms with E-state index in [0.717, 1.165) is 0 Å². The van der Waals surface area contributed by atoms with Gasteiger partial charge in [-0.2, -0.15) is 0 Å². The number of para-hydroxylation sites is 1. The van der Waals surface area contributed by atoms with Gasteiger partial charge in [0.25, 0.3) is 0 Å². The molecule has 0 atom stereocenters. The molecule has 1 rings (SSSR count). The fraction of sp³-hybridized carbons (Fsp3) is 0. The summed E-state index contributed by atoms with van der Waals surface area (Å²) in [6.07, 6.45) is 0. The maximum absolute atomic E-state index is 10.7. The summed E-state index contributed by atoms with van der Waals surface area (Å²) in [4.78, 5) is 10.7. The van der Waals surface area contributed by atoms with E-state index in [1.807, 2.05) is 0 Å². The van der Waals surface area contributed by atoms with Gasteiger partial charge in [0.05, 0.1) is 0 Å². The quantitative estimate of drug-likeness (QED) is 0.458. The Bertz CT molecular complexity index is 495. The van der Waals surface area contributed by atoms with Crippen LogP contribution in [-0.2, 0) is 36.5 Å². The van der Waals surface area contributed by atoms with Crippen LogP contribution >= 0.6 is 0 Å². The van der Waals surface area contributed by atoms with Gasteiger partial charge in [-0.1, -0.05) is 0 Å². The van der Waals surface area contributed by atoms with Crippen LogP contribution in [0.3, 0.4) is 0 Å². The SMILES string of the molecule is O.O=C(O)c1ccc[c]([Hg])c1OS(=O)(=O)O. The Hall–Kier alpha value is -0.705. The Morgan fingerprint density at radius 2 is 1.94 bits per heavy atom. The van der Waals surface area contributed by atoms with Gasteiger partial charge in [0, 0.05) is 0 Å². The zero-order valence-electron chi connectivity index (χ0n) is 7.87. The second-order valence-corrected chi connectivity index (χ2v) is 6.59. The van der Waals surface area contributed by atoms with Crippen molar-refractivity contribution < 1.29 is 58.7 Å². The molecule has 7 nitrogen and oxygen atoms in total. The van der Waals surface area contributed by atoms with Gasteiger partial charge in [0.2, 0.25) is 0 Å². The van der Waals surface area contributed by atoms with Crippen molar-refractivity contribution in [2.45, 2.75) is 0 Å². The summed E-state index contributed by atoms with van der Waals surface area (Å²) in [5.41, 5.74) is -0.278. The van der Waals surface area contributed by atoms with Gasteiger partial charge in [0.1, 0.15) is 0 Å². The van der Waals surface area contributed by atoms with Gasteiger partial charge in [-0.15, -0.1) is 0 Å². The van der Waals surface area contributed by atoms with E-state index in [2.05, 4.69) is 4.18 Å². The van der Waals surface area contributed by atoms with Crippen LogP contribution < -0.4 is 7.26 Å². The van der Waals surface area contributed by atoms with Crippen molar-refractivity contribution in [1.29, 1.82) is 0 Å². The molecule has 0 saturated carbocycles. The zero-order valence-corrected chi connectivity index (χ0v) is 14.2. The molecule has 0 radical (unpaired) electrons. The Labute approximate surface area is 107 Å². The Balaban J connectivity index is 0.00000225. The molecule has 0 saturated heterocycles. The third-order valence-corrected chi connectivity index (χ3v) is 4.06. The number of benzene rings is 1. The molecule has 0 aromatic heterocycles. The molecule has 9 heteroatoms. The van der Waals surface area contributed by atoms with Crippen LogP contribution in [0, 0.1) is 0 Å². The first-order valence-corrected chi connectivity index (χ1v) is 7.78. The van der Waals surface area contributed by atoms with Gasteiger partial charge in [0.15, 0.2) is 0 Å². The molecule has 1 aromatic carbocycles. The molecule has 4 N–H and O–H groups in total. The number of aromatic carboxylic acids is 1. The van der Waals surface area contributed by atoms with Crippen LogP contribution in [0.25, 0.3) is 0 Å². The zero-order chi connectivity index (χ0) is 11.6. The van der Waals surface area contributed by atoms with Crippen molar-refractivity contribution in [2.24, 2.45) is 0 Å². The van der Waals surface area contributed by atoms with Crippen molar-refractivity contribution in [2.75, 3.05) is 0 Å². The van der Waals surface area contributed by atoms with Crippen molar-refractivity contribution in [3.05, 3.63) is 23.8 Å². The van der Waals surface area contributed by atoms with Gasteiger partial charge >= 0.3 is 102 Å². The predicted molar refractivity (Wildman–Crippen MR) is 48.8 cm³/mol. The van der Waals surface area contributed by atoms with E-state index < -0.39 is 16.4 Å². The van der Waals surface area contributed by atoms with E-state index in [1.54, 1.807) is 6.07 Å². The summed E-state index contributed by atoms with van der Waals surface area (Å²) in [5, 5.41) is 8.75. The minimum absolute atomic E-state index is 0. The molecule has 1 aromatic rings. The molecule has 0 fully saturated rings. The monoisotopic (exact) mass is 437 g/mol. The van der Waals surface area contributed by atoms with Gasteiger partial charge in [-0.05, 0) is 0 Å². The number of hydrogen-bond acceptors (Lipinski definition) is 4. The summed E-state index contributed by atoms with van der Waals surface area (Å²) in [7, 11) is -4.69. The Kier molecular flexibility index (Phi) is 5.33. The van der Waals surface area contributed by atoms with Crippen LogP contribution in [0.15, 0.2) is 18.2 Å². The van der Waals surface area contributed by atoms with Crippen LogP contribution in [0.5, 0.6) is 5.75 Å². The fourth-order valence-corrected chi connectivity index (χ4v) is 3.32. The third-order valence-electron chi connectivity index (χ3n) is 1.52. The first kappa shape index (κ1) is 15.3. The fourth-order valence-electron chi connectivity index (χ4n) is 0.957. The number of hydrogen-bond donors (Lipinski definition) is 2. The molecule has 0 bridgehead atoms. The first-order valence-electron chi connectivity index (χ1n) is 3.66. The molecule has 16 heavy (non-hydrogen) atoms. The predicted octanol–water partition coefficient (Wildman–Crippen LogP) is -1.09. The standard InChI is InChI=1S/C7H5O6S.Hg.H2O/c8-7(9)5-3-1-2-4-6(5)13-14(10,11)12;;/h1-3H,(H,8,9)(H,10,11,12);;1H2. The van der Waals surface area contributed by atoms with E-state index >= 15 is 0 Å². The van der Waals surface area contributed by atoms with E-state index in [0.29, 0.717) is 3.07 Å². The second-order valence-electron chi connectivity index (χ2n) is 2.61.